The van der Waals surface area contributed by atoms with Crippen LogP contribution in [-0.4, -0.2) is 104 Å². The Morgan fingerprint density at radius 2 is 1.31 bits per heavy atom. The maximum Gasteiger partial charge on any atom is 0.418 e. The van der Waals surface area contributed by atoms with Crippen LogP contribution in [0.3, 0.4) is 0 Å². The molecule has 3 atom stereocenters. The second-order valence-electron chi connectivity index (χ2n) is 20.8. The third kappa shape index (κ3) is 11.7. The Hall–Kier alpha value is -8.62. The number of ether oxygens (including phenoxy) is 7. The highest BCUT2D eigenvalue weighted by atomic mass is 35.5. The molecule has 0 radical (unpaired) electrons. The number of pyridine rings is 2. The number of fused-ring (bicyclic) bond motifs is 1. The number of aromatic nitrogens is 4. The number of halogens is 5. The summed E-state index contributed by atoms with van der Waals surface area (Å²) in [6.07, 6.45) is -2.76. The molecule has 8 aromatic rings. The van der Waals surface area contributed by atoms with E-state index in [1.807, 2.05) is 96.8 Å². The highest BCUT2D eigenvalue weighted by Crippen LogP contribution is 2.52. The molecule has 0 N–H and O–H groups in total. The van der Waals surface area contributed by atoms with Crippen LogP contribution in [0.15, 0.2) is 121 Å². The molecule has 11 rings (SSSR count). The van der Waals surface area contributed by atoms with Crippen molar-refractivity contribution in [2.75, 3.05) is 76.1 Å². The maximum absolute atomic E-state index is 18.5. The zero-order valence-corrected chi connectivity index (χ0v) is 47.8. The van der Waals surface area contributed by atoms with E-state index >= 15 is 17.6 Å². The van der Waals surface area contributed by atoms with E-state index in [9.17, 15) is 4.79 Å². The van der Waals surface area contributed by atoms with Gasteiger partial charge in [0, 0.05) is 37.9 Å². The molecule has 16 nitrogen and oxygen atoms in total. The van der Waals surface area contributed by atoms with Crippen molar-refractivity contribution < 1.29 is 55.5 Å². The minimum absolute atomic E-state index is 0.00542. The van der Waals surface area contributed by atoms with Gasteiger partial charge in [0.15, 0.2) is 11.6 Å². The molecule has 3 aliphatic rings. The van der Waals surface area contributed by atoms with Crippen molar-refractivity contribution >= 4 is 45.9 Å². The highest BCUT2D eigenvalue weighted by Gasteiger charge is 2.45. The Kier molecular flexibility index (Phi) is 16.5. The molecule has 5 aromatic carbocycles. The van der Waals surface area contributed by atoms with E-state index in [1.165, 1.54) is 13.0 Å². The Bertz CT molecular complexity index is 3580. The van der Waals surface area contributed by atoms with Crippen molar-refractivity contribution in [1.82, 2.24) is 24.8 Å². The summed E-state index contributed by atoms with van der Waals surface area (Å²) >= 11 is 7.38. The van der Waals surface area contributed by atoms with Gasteiger partial charge in [-0.05, 0) is 109 Å². The molecule has 21 heteroatoms. The molecule has 6 heterocycles. The molecular formula is C63H61ClF4N8O8. The van der Waals surface area contributed by atoms with Crippen molar-refractivity contribution in [3.8, 4) is 46.0 Å². The van der Waals surface area contributed by atoms with Gasteiger partial charge in [-0.15, -0.1) is 0 Å². The monoisotopic (exact) mass is 1170 g/mol. The number of carbonyl (C=O) groups excluding carboxylic acids is 1. The Labute approximate surface area is 488 Å². The van der Waals surface area contributed by atoms with E-state index in [2.05, 4.69) is 9.88 Å². The van der Waals surface area contributed by atoms with Crippen LogP contribution in [0.25, 0.3) is 22.2 Å². The molecule has 2 saturated heterocycles. The van der Waals surface area contributed by atoms with Gasteiger partial charge in [0.25, 0.3) is 0 Å². The number of aryl methyl sites for hydroxylation is 1. The molecule has 3 aliphatic heterocycles. The second kappa shape index (κ2) is 24.3. The molecule has 0 bridgehead atoms. The fourth-order valence-corrected chi connectivity index (χ4v) is 11.6. The van der Waals surface area contributed by atoms with E-state index in [0.29, 0.717) is 54.9 Å². The van der Waals surface area contributed by atoms with Crippen LogP contribution in [0.1, 0.15) is 58.3 Å². The normalized spacial score (nSPS) is 16.0. The third-order valence-electron chi connectivity index (χ3n) is 15.6. The van der Waals surface area contributed by atoms with Gasteiger partial charge in [-0.3, -0.25) is 4.79 Å². The lowest BCUT2D eigenvalue weighted by Gasteiger charge is -2.50. The van der Waals surface area contributed by atoms with Gasteiger partial charge in [0.05, 0.1) is 86.9 Å². The van der Waals surface area contributed by atoms with Crippen LogP contribution < -0.4 is 43.1 Å². The summed E-state index contributed by atoms with van der Waals surface area (Å²) in [7, 11) is 6.33. The Morgan fingerprint density at radius 3 is 1.83 bits per heavy atom. The predicted octanol–water partition coefficient (Wildman–Crippen LogP) is 12.0. The van der Waals surface area contributed by atoms with Gasteiger partial charge >= 0.3 is 12.2 Å². The lowest BCUT2D eigenvalue weighted by Crippen LogP contribution is -2.65. The maximum atomic E-state index is 18.5. The zero-order chi connectivity index (χ0) is 58.8. The van der Waals surface area contributed by atoms with Crippen LogP contribution >= 0.6 is 11.6 Å². The Balaban J connectivity index is 1.06. The molecule has 0 aliphatic carbocycles. The highest BCUT2D eigenvalue weighted by molar-refractivity contribution is 6.36. The van der Waals surface area contributed by atoms with Crippen LogP contribution in [0.2, 0.25) is 5.02 Å². The molecule has 2 fully saturated rings. The van der Waals surface area contributed by atoms with Gasteiger partial charge in [0.1, 0.15) is 65.8 Å². The number of hydrogen-bond donors (Lipinski definition) is 0. The van der Waals surface area contributed by atoms with E-state index < -0.39 is 45.4 Å². The van der Waals surface area contributed by atoms with Gasteiger partial charge < -0.3 is 52.8 Å². The molecule has 436 valence electrons. The molecule has 0 spiro atoms. The molecule has 1 amide bonds. The number of carbonyl (C=O) groups is 1. The van der Waals surface area contributed by atoms with Crippen molar-refractivity contribution in [3.63, 3.8) is 0 Å². The van der Waals surface area contributed by atoms with Gasteiger partial charge in [-0.1, -0.05) is 66.2 Å². The quantitative estimate of drug-likeness (QED) is 0.0667. The standard InChI is InChI=1S/C63H61ClF4N8O8/c1-37-28-50(73(30-39-9-17-45(78-3)18-10-39)31-40-11-19-46(79-4)20-12-40)70-57(54(37)63(66,67)68)52-55(64)59-53-58(56(52)65)71-62(84-35-44-29-43-34-82-36-51(77)76(43)44)72-61(53)75(26-27-83-59)38(2)49-8-7-25-69-60(49)74(32-41-13-21-47(80-5)22-14-41)33-42-15-23-48(81-6)24-16-42/h7-25,28,38,43-44H,26-27,29-36H2,1-6H3/t38-,43+,44+/m1/s1. The van der Waals surface area contributed by atoms with E-state index in [4.69, 9.17) is 59.7 Å². The lowest BCUT2D eigenvalue weighted by molar-refractivity contribution is -0.168. The average Bonchev–Trinajstić information content (AvgIpc) is 1.51. The first kappa shape index (κ1) is 57.2. The number of amides is 1. The minimum Gasteiger partial charge on any atom is -0.497 e. The van der Waals surface area contributed by atoms with Gasteiger partial charge in [0.2, 0.25) is 5.91 Å². The van der Waals surface area contributed by atoms with Crippen LogP contribution in [0.4, 0.5) is 35.0 Å². The summed E-state index contributed by atoms with van der Waals surface area (Å²) in [5.74, 6) is 1.98. The predicted molar refractivity (Wildman–Crippen MR) is 310 cm³/mol. The first-order valence-electron chi connectivity index (χ1n) is 27.3. The number of methoxy groups -OCH3 is 4. The SMILES string of the molecule is COc1ccc(CN(Cc2ccc(OC)cc2)c2cc(C)c(C(F)(F)F)c(-c3c(Cl)c4c5c(nc(OC[C@@H]6C[C@H]7COCC(=O)N76)nc5c3F)N([C@H](C)c3cccnc3N(Cc3ccc(OC)cc3)Cc3ccc(OC)cc3)CCO4)n2)cc1. The first-order chi connectivity index (χ1) is 40.6. The van der Waals surface area contributed by atoms with Crippen LogP contribution in [-0.2, 0) is 41.9 Å². The summed E-state index contributed by atoms with van der Waals surface area (Å²) in [5, 5.41) is -0.455. The minimum atomic E-state index is -5.05. The molecule has 84 heavy (non-hydrogen) atoms. The number of hydrogen-bond acceptors (Lipinski definition) is 15. The number of morpholine rings is 1. The summed E-state index contributed by atoms with van der Waals surface area (Å²) in [4.78, 5) is 40.0. The average molecular weight is 1170 g/mol. The summed E-state index contributed by atoms with van der Waals surface area (Å²) < 4.78 is 106. The van der Waals surface area contributed by atoms with E-state index in [-0.39, 0.29) is 91.8 Å². The number of alkyl halides is 3. The third-order valence-corrected chi connectivity index (χ3v) is 15.9. The smallest absolute Gasteiger partial charge is 0.418 e. The zero-order valence-electron chi connectivity index (χ0n) is 47.1. The van der Waals surface area contributed by atoms with E-state index in [0.717, 1.165) is 27.8 Å². The largest absolute Gasteiger partial charge is 0.497 e. The van der Waals surface area contributed by atoms with Crippen molar-refractivity contribution in [2.45, 2.75) is 70.7 Å². The van der Waals surface area contributed by atoms with Gasteiger partial charge in [-0.2, -0.15) is 23.1 Å². The van der Waals surface area contributed by atoms with Gasteiger partial charge in [-0.25, -0.2) is 14.4 Å². The number of rotatable bonds is 20. The second-order valence-corrected chi connectivity index (χ2v) is 21.2. The van der Waals surface area contributed by atoms with E-state index in [1.54, 1.807) is 68.7 Å². The number of benzene rings is 5. The van der Waals surface area contributed by atoms with Crippen molar-refractivity contribution in [2.24, 2.45) is 0 Å². The summed E-state index contributed by atoms with van der Waals surface area (Å²) in [5.41, 5.74) is 1.00. The summed E-state index contributed by atoms with van der Waals surface area (Å²) in [6.45, 7) is 4.78. The topological polar surface area (TPSA) is 146 Å². The lowest BCUT2D eigenvalue weighted by atomic mass is 9.92. The molecule has 0 saturated carbocycles. The number of anilines is 3. The molecule has 0 unspecified atom stereocenters. The number of nitrogens with zero attached hydrogens (tertiary/aromatic N) is 8. The fourth-order valence-electron chi connectivity index (χ4n) is 11.3. The van der Waals surface area contributed by atoms with Crippen LogP contribution in [0, 0.1) is 12.7 Å². The van der Waals surface area contributed by atoms with Crippen LogP contribution in [0.5, 0.6) is 34.8 Å². The van der Waals surface area contributed by atoms with Crippen molar-refractivity contribution in [3.05, 3.63) is 171 Å². The Morgan fingerprint density at radius 1 is 0.762 bits per heavy atom. The molecule has 3 aromatic heterocycles. The summed E-state index contributed by atoms with van der Waals surface area (Å²) in [6, 6.07) is 33.9. The molecular weight excluding hydrogens is 1110 g/mol. The van der Waals surface area contributed by atoms with Crippen molar-refractivity contribution in [1.29, 1.82) is 0 Å². The fraction of sp³-hybridized carbons (Fsp3) is 0.317. The first-order valence-corrected chi connectivity index (χ1v) is 27.7.